The van der Waals surface area contributed by atoms with Gasteiger partial charge in [0.1, 0.15) is 0 Å². The average Bonchev–Trinajstić information content (AvgIpc) is 2.75. The highest BCUT2D eigenvalue weighted by molar-refractivity contribution is 5.96. The van der Waals surface area contributed by atoms with Crippen molar-refractivity contribution in [1.82, 2.24) is 4.98 Å². The lowest BCUT2D eigenvalue weighted by molar-refractivity contribution is -0.114. The summed E-state index contributed by atoms with van der Waals surface area (Å²) in [4.78, 5) is 19.2. The van der Waals surface area contributed by atoms with Crippen LogP contribution in [0.25, 0.3) is 0 Å². The average molecular weight is 395 g/mol. The van der Waals surface area contributed by atoms with Gasteiger partial charge in [-0.2, -0.15) is 0 Å². The first-order valence-corrected chi connectivity index (χ1v) is 10.2. The third kappa shape index (κ3) is 9.30. The van der Waals surface area contributed by atoms with E-state index in [1.807, 2.05) is 45.0 Å². The van der Waals surface area contributed by atoms with Crippen molar-refractivity contribution in [3.63, 3.8) is 0 Å². The Labute approximate surface area is 178 Å². The fraction of sp³-hybridized carbons (Fsp3) is 0.400. The summed E-state index contributed by atoms with van der Waals surface area (Å²) in [5, 5.41) is 0. The number of terminal acetylenes is 1. The van der Waals surface area contributed by atoms with Crippen molar-refractivity contribution in [1.29, 1.82) is 0 Å². The Morgan fingerprint density at radius 2 is 1.83 bits per heavy atom. The van der Waals surface area contributed by atoms with Crippen molar-refractivity contribution < 1.29 is 4.79 Å². The predicted molar refractivity (Wildman–Crippen MR) is 126 cm³/mol. The summed E-state index contributed by atoms with van der Waals surface area (Å²) in [7, 11) is 1.74. The van der Waals surface area contributed by atoms with Crippen LogP contribution in [0, 0.1) is 26.2 Å². The normalized spacial score (nSPS) is 9.17. The van der Waals surface area contributed by atoms with Gasteiger partial charge in [-0.3, -0.25) is 9.78 Å². The summed E-state index contributed by atoms with van der Waals surface area (Å²) in [6, 6.07) is 12.0. The molecule has 0 saturated carbocycles. The maximum atomic E-state index is 11.2. The van der Waals surface area contributed by atoms with Crippen molar-refractivity contribution in [2.24, 2.45) is 0 Å². The van der Waals surface area contributed by atoms with E-state index in [-0.39, 0.29) is 5.91 Å². The standard InChI is InChI=1S/C14H21N2O.C9H9N.C2H6/c1-6-16(7-2)13-8-9-14(11(3)10-13)15(5)12(4)17;1-2-3-6-9-7-4-5-8-10-9;1-2/h8-10H,4,6-7H2,1-3,5H3;1,4-5,7-8H,3,6H2;1-2H3. The SMILES string of the molecule is C#CCCc1ccccn1.CC.[CH2]C(=O)N(C)c1ccc(N(CC)CC)cc1C. The molecule has 157 valence electrons. The van der Waals surface area contributed by atoms with Crippen molar-refractivity contribution >= 4 is 17.3 Å². The van der Waals surface area contributed by atoms with Gasteiger partial charge in [0.2, 0.25) is 5.91 Å². The second kappa shape index (κ2) is 15.2. The number of aromatic nitrogens is 1. The molecule has 0 bridgehead atoms. The molecule has 0 N–H and O–H groups in total. The Kier molecular flexibility index (Phi) is 13.7. The first kappa shape index (κ1) is 26.2. The van der Waals surface area contributed by atoms with Crippen LogP contribution in [0.3, 0.4) is 0 Å². The number of carbonyl (C=O) groups excluding carboxylic acids is 1. The lowest BCUT2D eigenvalue weighted by atomic mass is 10.1. The predicted octanol–water partition coefficient (Wildman–Crippen LogP) is 5.31. The molecule has 2 aromatic rings. The lowest BCUT2D eigenvalue weighted by Gasteiger charge is -2.24. The first-order valence-electron chi connectivity index (χ1n) is 10.2. The van der Waals surface area contributed by atoms with Crippen LogP contribution in [0.1, 0.15) is 45.4 Å². The Balaban J connectivity index is 0.000000554. The van der Waals surface area contributed by atoms with Crippen molar-refractivity contribution in [2.45, 2.75) is 47.5 Å². The van der Waals surface area contributed by atoms with Gasteiger partial charge in [-0.1, -0.05) is 19.9 Å². The molecule has 1 heterocycles. The number of pyridine rings is 1. The number of benzene rings is 1. The number of anilines is 2. The Morgan fingerprint density at radius 1 is 1.17 bits per heavy atom. The van der Waals surface area contributed by atoms with Gasteiger partial charge >= 0.3 is 0 Å². The monoisotopic (exact) mass is 394 g/mol. The van der Waals surface area contributed by atoms with Gasteiger partial charge < -0.3 is 9.80 Å². The van der Waals surface area contributed by atoms with Crippen LogP contribution in [-0.2, 0) is 11.2 Å². The lowest BCUT2D eigenvalue weighted by Crippen LogP contribution is -2.25. The summed E-state index contributed by atoms with van der Waals surface area (Å²) >= 11 is 0. The highest BCUT2D eigenvalue weighted by Crippen LogP contribution is 2.25. The maximum Gasteiger partial charge on any atom is 0.227 e. The minimum absolute atomic E-state index is 0.191. The molecule has 1 aromatic carbocycles. The van der Waals surface area contributed by atoms with E-state index in [0.29, 0.717) is 0 Å². The fourth-order valence-electron chi connectivity index (χ4n) is 2.68. The molecule has 1 radical (unpaired) electrons. The molecule has 0 spiro atoms. The Morgan fingerprint density at radius 3 is 2.28 bits per heavy atom. The molecule has 1 aromatic heterocycles. The van der Waals surface area contributed by atoms with Crippen LogP contribution in [-0.4, -0.2) is 31.0 Å². The third-order valence-electron chi connectivity index (χ3n) is 4.30. The highest BCUT2D eigenvalue weighted by atomic mass is 16.2. The van der Waals surface area contributed by atoms with Crippen LogP contribution in [0.5, 0.6) is 0 Å². The number of rotatable bonds is 6. The van der Waals surface area contributed by atoms with Crippen LogP contribution in [0.2, 0.25) is 0 Å². The molecule has 0 aliphatic rings. The molecule has 0 fully saturated rings. The quantitative estimate of drug-likeness (QED) is 0.623. The molecule has 1 amide bonds. The number of hydrogen-bond donors (Lipinski definition) is 0. The van der Waals surface area contributed by atoms with Crippen molar-refractivity contribution in [3.05, 3.63) is 60.8 Å². The summed E-state index contributed by atoms with van der Waals surface area (Å²) in [5.41, 5.74) is 4.27. The van der Waals surface area contributed by atoms with E-state index in [1.54, 1.807) is 18.1 Å². The third-order valence-corrected chi connectivity index (χ3v) is 4.30. The molecular formula is C25H36N3O. The number of nitrogens with zero attached hydrogens (tertiary/aromatic N) is 3. The number of amides is 1. The second-order valence-corrected chi connectivity index (χ2v) is 6.12. The summed E-state index contributed by atoms with van der Waals surface area (Å²) < 4.78 is 0. The van der Waals surface area contributed by atoms with E-state index in [4.69, 9.17) is 6.42 Å². The molecule has 4 nitrogen and oxygen atoms in total. The highest BCUT2D eigenvalue weighted by Gasteiger charge is 2.10. The molecule has 0 saturated heterocycles. The smallest absolute Gasteiger partial charge is 0.227 e. The second-order valence-electron chi connectivity index (χ2n) is 6.12. The van der Waals surface area contributed by atoms with Gasteiger partial charge in [0.05, 0.1) is 0 Å². The van der Waals surface area contributed by atoms with Gasteiger partial charge in [0.25, 0.3) is 0 Å². The van der Waals surface area contributed by atoms with Crippen LogP contribution < -0.4 is 9.80 Å². The van der Waals surface area contributed by atoms with E-state index in [9.17, 15) is 4.79 Å². The maximum absolute atomic E-state index is 11.2. The number of hydrogen-bond acceptors (Lipinski definition) is 3. The molecule has 4 heteroatoms. The van der Waals surface area contributed by atoms with Crippen LogP contribution in [0.15, 0.2) is 42.6 Å². The first-order chi connectivity index (χ1) is 13.9. The van der Waals surface area contributed by atoms with E-state index in [2.05, 4.69) is 48.7 Å². The summed E-state index contributed by atoms with van der Waals surface area (Å²) in [6.07, 6.45) is 8.54. The van der Waals surface area contributed by atoms with Crippen molar-refractivity contribution in [3.8, 4) is 12.3 Å². The summed E-state index contributed by atoms with van der Waals surface area (Å²) in [6.45, 7) is 15.7. The van der Waals surface area contributed by atoms with E-state index < -0.39 is 0 Å². The van der Waals surface area contributed by atoms with Crippen molar-refractivity contribution in [2.75, 3.05) is 29.9 Å². The zero-order valence-electron chi connectivity index (χ0n) is 18.9. The summed E-state index contributed by atoms with van der Waals surface area (Å²) in [5.74, 6) is 2.39. The Bertz CT molecular complexity index is 746. The van der Waals surface area contributed by atoms with Gasteiger partial charge in [-0.15, -0.1) is 12.3 Å². The molecular weight excluding hydrogens is 358 g/mol. The van der Waals surface area contributed by atoms with Crippen LogP contribution >= 0.6 is 0 Å². The Hall–Kier alpha value is -2.80. The van der Waals surface area contributed by atoms with E-state index in [1.165, 1.54) is 5.69 Å². The fourth-order valence-corrected chi connectivity index (χ4v) is 2.68. The molecule has 0 unspecified atom stereocenters. The topological polar surface area (TPSA) is 36.4 Å². The molecule has 0 aliphatic carbocycles. The zero-order chi connectivity index (χ0) is 22.2. The molecule has 2 rings (SSSR count). The molecule has 29 heavy (non-hydrogen) atoms. The zero-order valence-corrected chi connectivity index (χ0v) is 18.9. The number of carbonyl (C=O) groups is 1. The van der Waals surface area contributed by atoms with Gasteiger partial charge in [0, 0.05) is 63.2 Å². The van der Waals surface area contributed by atoms with E-state index >= 15 is 0 Å². The van der Waals surface area contributed by atoms with E-state index in [0.717, 1.165) is 42.9 Å². The largest absolute Gasteiger partial charge is 0.372 e. The van der Waals surface area contributed by atoms with Gasteiger partial charge in [0.15, 0.2) is 0 Å². The minimum Gasteiger partial charge on any atom is -0.372 e. The minimum atomic E-state index is -0.191. The van der Waals surface area contributed by atoms with Gasteiger partial charge in [-0.05, 0) is 56.7 Å². The van der Waals surface area contributed by atoms with Crippen LogP contribution in [0.4, 0.5) is 11.4 Å². The van der Waals surface area contributed by atoms with Gasteiger partial charge in [-0.25, -0.2) is 0 Å². The number of aryl methyl sites for hydroxylation is 2. The molecule has 0 aliphatic heterocycles. The molecule has 0 atom stereocenters.